The predicted molar refractivity (Wildman–Crippen MR) is 91.6 cm³/mol. The molecule has 7 nitrogen and oxygen atoms in total. The zero-order valence-corrected chi connectivity index (χ0v) is 13.9. The number of fused-ring (bicyclic) bond motifs is 1. The summed E-state index contributed by atoms with van der Waals surface area (Å²) in [5.41, 5.74) is 0.840. The van der Waals surface area contributed by atoms with Crippen molar-refractivity contribution in [2.24, 2.45) is 13.0 Å². The van der Waals surface area contributed by atoms with Crippen molar-refractivity contribution in [2.45, 2.75) is 19.3 Å². The van der Waals surface area contributed by atoms with Crippen molar-refractivity contribution >= 4 is 22.8 Å². The molecule has 3 heterocycles. The molecule has 4 rings (SSSR count). The molecule has 1 saturated heterocycles. The molecule has 126 valence electrons. The number of carbonyl (C=O) groups excluding carboxylic acids is 1. The Balaban J connectivity index is 1.45. The fraction of sp³-hybridized carbons (Fsp3) is 0.529. The van der Waals surface area contributed by atoms with Crippen molar-refractivity contribution in [3.05, 3.63) is 24.7 Å². The van der Waals surface area contributed by atoms with Crippen LogP contribution in [0, 0.1) is 5.92 Å². The van der Waals surface area contributed by atoms with Crippen molar-refractivity contribution in [1.82, 2.24) is 24.6 Å². The average molecular weight is 326 g/mol. The van der Waals surface area contributed by atoms with Gasteiger partial charge in [-0.3, -0.25) is 9.48 Å². The summed E-state index contributed by atoms with van der Waals surface area (Å²) in [4.78, 5) is 25.6. The van der Waals surface area contributed by atoms with Crippen molar-refractivity contribution in [3.63, 3.8) is 0 Å². The van der Waals surface area contributed by atoms with Crippen LogP contribution in [0.2, 0.25) is 0 Å². The Kier molecular flexibility index (Phi) is 3.92. The van der Waals surface area contributed by atoms with Gasteiger partial charge >= 0.3 is 0 Å². The lowest BCUT2D eigenvalue weighted by atomic mass is 9.93. The number of amides is 1. The predicted octanol–water partition coefficient (Wildman–Crippen LogP) is 1.37. The van der Waals surface area contributed by atoms with Crippen molar-refractivity contribution in [3.8, 4) is 0 Å². The molecule has 0 radical (unpaired) electrons. The maximum absolute atomic E-state index is 12.6. The summed E-state index contributed by atoms with van der Waals surface area (Å²) in [5, 5.41) is 5.24. The molecule has 0 saturated carbocycles. The highest BCUT2D eigenvalue weighted by molar-refractivity contribution is 5.87. The minimum atomic E-state index is 0.172. The van der Waals surface area contributed by atoms with Gasteiger partial charge in [-0.2, -0.15) is 5.10 Å². The molecule has 2 aromatic heterocycles. The number of hydrogen-bond acceptors (Lipinski definition) is 5. The number of aryl methyl sites for hydroxylation is 1. The highest BCUT2D eigenvalue weighted by Gasteiger charge is 2.28. The Hall–Kier alpha value is -2.44. The molecule has 1 aliphatic heterocycles. The largest absolute Gasteiger partial charge is 0.352 e. The fourth-order valence-electron chi connectivity index (χ4n) is 3.62. The third-order valence-electron chi connectivity index (χ3n) is 5.02. The van der Waals surface area contributed by atoms with Gasteiger partial charge < -0.3 is 9.80 Å². The number of hydrogen-bond donors (Lipinski definition) is 0. The smallest absolute Gasteiger partial charge is 0.226 e. The Morgan fingerprint density at radius 3 is 2.75 bits per heavy atom. The first-order chi connectivity index (χ1) is 11.7. The van der Waals surface area contributed by atoms with Crippen LogP contribution in [-0.2, 0) is 11.8 Å². The number of allylic oxidation sites excluding steroid dienone is 2. The van der Waals surface area contributed by atoms with Crippen LogP contribution in [0.1, 0.15) is 19.3 Å². The van der Waals surface area contributed by atoms with Crippen LogP contribution in [0.4, 0.5) is 5.82 Å². The van der Waals surface area contributed by atoms with Gasteiger partial charge in [-0.15, -0.1) is 0 Å². The molecule has 0 bridgehead atoms. The molecule has 1 amide bonds. The van der Waals surface area contributed by atoms with Crippen molar-refractivity contribution in [2.75, 3.05) is 31.1 Å². The summed E-state index contributed by atoms with van der Waals surface area (Å²) in [6, 6.07) is 0. The SMILES string of the molecule is Cn1ncc2c(N3CCN(C(=O)[C@@H]4CC=CCC4)CC3)ncnc21. The minimum absolute atomic E-state index is 0.172. The quantitative estimate of drug-likeness (QED) is 0.780. The maximum atomic E-state index is 12.6. The van der Waals surface area contributed by atoms with E-state index in [1.54, 1.807) is 11.0 Å². The molecule has 2 aliphatic rings. The van der Waals surface area contributed by atoms with Crippen LogP contribution in [-0.4, -0.2) is 56.7 Å². The standard InChI is InChI=1S/C17H22N6O/c1-21-15-14(11-20-21)16(19-12-18-15)22-7-9-23(10-8-22)17(24)13-5-3-2-4-6-13/h2-3,11-13H,4-10H2,1H3/t13-/m1/s1. The van der Waals surface area contributed by atoms with Crippen molar-refractivity contribution < 1.29 is 4.79 Å². The van der Waals surface area contributed by atoms with E-state index in [2.05, 4.69) is 32.1 Å². The second-order valence-electron chi connectivity index (χ2n) is 6.50. The Morgan fingerprint density at radius 2 is 2.00 bits per heavy atom. The van der Waals surface area contributed by atoms with Crippen LogP contribution in [0.25, 0.3) is 11.0 Å². The number of anilines is 1. The fourth-order valence-corrected chi connectivity index (χ4v) is 3.62. The molecule has 0 aromatic carbocycles. The molecule has 0 N–H and O–H groups in total. The zero-order chi connectivity index (χ0) is 16.5. The third-order valence-corrected chi connectivity index (χ3v) is 5.02. The first-order valence-electron chi connectivity index (χ1n) is 8.55. The van der Waals surface area contributed by atoms with E-state index in [1.165, 1.54) is 0 Å². The number of carbonyl (C=O) groups is 1. The lowest BCUT2D eigenvalue weighted by Gasteiger charge is -2.37. The molecule has 0 spiro atoms. The number of piperazine rings is 1. The minimum Gasteiger partial charge on any atom is -0.352 e. The Bertz CT molecular complexity index is 774. The Labute approximate surface area is 141 Å². The molecule has 1 aliphatic carbocycles. The number of aromatic nitrogens is 4. The summed E-state index contributed by atoms with van der Waals surface area (Å²) in [6.07, 6.45) is 10.6. The van der Waals surface area contributed by atoms with E-state index in [-0.39, 0.29) is 5.92 Å². The van der Waals surface area contributed by atoms with E-state index in [0.29, 0.717) is 5.91 Å². The molecule has 24 heavy (non-hydrogen) atoms. The molecule has 7 heteroatoms. The van der Waals surface area contributed by atoms with Gasteiger partial charge in [0, 0.05) is 39.1 Å². The molecule has 1 fully saturated rings. The summed E-state index contributed by atoms with van der Waals surface area (Å²) in [6.45, 7) is 3.11. The summed E-state index contributed by atoms with van der Waals surface area (Å²) >= 11 is 0. The van der Waals surface area contributed by atoms with Gasteiger partial charge in [0.15, 0.2) is 5.65 Å². The summed E-state index contributed by atoms with van der Waals surface area (Å²) in [7, 11) is 1.88. The first-order valence-corrected chi connectivity index (χ1v) is 8.55. The number of nitrogens with zero attached hydrogens (tertiary/aromatic N) is 6. The lowest BCUT2D eigenvalue weighted by Crippen LogP contribution is -2.50. The number of rotatable bonds is 2. The van der Waals surface area contributed by atoms with Gasteiger partial charge in [0.05, 0.1) is 11.6 Å². The maximum Gasteiger partial charge on any atom is 0.226 e. The first kappa shape index (κ1) is 15.1. The van der Waals surface area contributed by atoms with Gasteiger partial charge in [0.25, 0.3) is 0 Å². The second kappa shape index (κ2) is 6.22. The monoisotopic (exact) mass is 326 g/mol. The van der Waals surface area contributed by atoms with Crippen LogP contribution in [0.5, 0.6) is 0 Å². The van der Waals surface area contributed by atoms with Crippen LogP contribution in [0.15, 0.2) is 24.7 Å². The topological polar surface area (TPSA) is 67.2 Å². The van der Waals surface area contributed by atoms with Crippen LogP contribution in [0.3, 0.4) is 0 Å². The lowest BCUT2D eigenvalue weighted by molar-refractivity contribution is -0.136. The molecular weight excluding hydrogens is 304 g/mol. The van der Waals surface area contributed by atoms with E-state index in [9.17, 15) is 4.79 Å². The van der Waals surface area contributed by atoms with E-state index in [4.69, 9.17) is 0 Å². The second-order valence-corrected chi connectivity index (χ2v) is 6.50. The van der Waals surface area contributed by atoms with Crippen molar-refractivity contribution in [1.29, 1.82) is 0 Å². The van der Waals surface area contributed by atoms with Gasteiger partial charge in [-0.1, -0.05) is 12.2 Å². The average Bonchev–Trinajstić information content (AvgIpc) is 3.03. The summed E-state index contributed by atoms with van der Waals surface area (Å²) < 4.78 is 1.76. The van der Waals surface area contributed by atoms with Gasteiger partial charge in [0.1, 0.15) is 12.1 Å². The Morgan fingerprint density at radius 1 is 1.17 bits per heavy atom. The van der Waals surface area contributed by atoms with Crippen LogP contribution >= 0.6 is 0 Å². The summed E-state index contributed by atoms with van der Waals surface area (Å²) in [5.74, 6) is 1.40. The van der Waals surface area contributed by atoms with Gasteiger partial charge in [-0.25, -0.2) is 9.97 Å². The van der Waals surface area contributed by atoms with E-state index in [1.807, 2.05) is 18.1 Å². The molecule has 1 atom stereocenters. The normalized spacial score (nSPS) is 21.5. The highest BCUT2D eigenvalue weighted by Crippen LogP contribution is 2.25. The third kappa shape index (κ3) is 2.64. The van der Waals surface area contributed by atoms with Gasteiger partial charge in [0.2, 0.25) is 5.91 Å². The van der Waals surface area contributed by atoms with E-state index in [0.717, 1.165) is 62.3 Å². The van der Waals surface area contributed by atoms with E-state index >= 15 is 0 Å². The molecule has 0 unspecified atom stereocenters. The van der Waals surface area contributed by atoms with Gasteiger partial charge in [-0.05, 0) is 19.3 Å². The zero-order valence-electron chi connectivity index (χ0n) is 13.9. The van der Waals surface area contributed by atoms with Crippen LogP contribution < -0.4 is 4.90 Å². The highest BCUT2D eigenvalue weighted by atomic mass is 16.2. The molecular formula is C17H22N6O. The molecule has 2 aromatic rings. The van der Waals surface area contributed by atoms with E-state index < -0.39 is 0 Å².